The maximum Gasteiger partial charge on any atom is 0.325 e. The number of nitrogens with zero attached hydrogens (tertiary/aromatic N) is 1. The zero-order valence-electron chi connectivity index (χ0n) is 18.1. The molecule has 2 heterocycles. The van der Waals surface area contributed by atoms with Crippen molar-refractivity contribution >= 4 is 17.8 Å². The van der Waals surface area contributed by atoms with Gasteiger partial charge in [0.15, 0.2) is 0 Å². The second-order valence-electron chi connectivity index (χ2n) is 8.36. The van der Waals surface area contributed by atoms with Crippen LogP contribution in [0.25, 0.3) is 0 Å². The SMILES string of the molecule is CC(C)(C)OC(=O)CNC(=O)c1c(O)c2c(n(Cc3ccc(C(N)=O)cc3)c1=O)COC2. The molecule has 0 saturated carbocycles. The average molecular weight is 443 g/mol. The van der Waals surface area contributed by atoms with Gasteiger partial charge >= 0.3 is 5.97 Å². The van der Waals surface area contributed by atoms with E-state index in [1.807, 2.05) is 0 Å². The second kappa shape index (κ2) is 8.83. The molecule has 0 fully saturated rings. The van der Waals surface area contributed by atoms with Gasteiger partial charge in [-0.25, -0.2) is 0 Å². The Kier molecular flexibility index (Phi) is 6.35. The van der Waals surface area contributed by atoms with Crippen LogP contribution in [0.2, 0.25) is 0 Å². The zero-order chi connectivity index (χ0) is 23.6. The van der Waals surface area contributed by atoms with Gasteiger partial charge in [0, 0.05) is 11.1 Å². The zero-order valence-corrected chi connectivity index (χ0v) is 18.1. The minimum Gasteiger partial charge on any atom is -0.506 e. The van der Waals surface area contributed by atoms with Crippen molar-refractivity contribution in [1.82, 2.24) is 9.88 Å². The van der Waals surface area contributed by atoms with Gasteiger partial charge in [-0.2, -0.15) is 0 Å². The minimum absolute atomic E-state index is 0.0361. The molecular formula is C22H25N3O7. The van der Waals surface area contributed by atoms with Gasteiger partial charge in [-0.1, -0.05) is 12.1 Å². The van der Waals surface area contributed by atoms with Gasteiger partial charge in [0.1, 0.15) is 23.5 Å². The van der Waals surface area contributed by atoms with Crippen molar-refractivity contribution < 1.29 is 29.0 Å². The van der Waals surface area contributed by atoms with Crippen LogP contribution in [0.15, 0.2) is 29.1 Å². The Morgan fingerprint density at radius 3 is 2.44 bits per heavy atom. The lowest BCUT2D eigenvalue weighted by Crippen LogP contribution is -2.38. The van der Waals surface area contributed by atoms with E-state index in [-0.39, 0.29) is 19.8 Å². The normalized spacial score (nSPS) is 12.8. The van der Waals surface area contributed by atoms with Crippen LogP contribution in [0.3, 0.4) is 0 Å². The first kappa shape index (κ1) is 23.0. The number of rotatable bonds is 6. The molecule has 1 aromatic heterocycles. The molecule has 3 rings (SSSR count). The number of pyridine rings is 1. The van der Waals surface area contributed by atoms with Gasteiger partial charge in [-0.3, -0.25) is 19.2 Å². The highest BCUT2D eigenvalue weighted by Gasteiger charge is 2.29. The molecule has 0 spiro atoms. The molecule has 0 atom stereocenters. The Labute approximate surface area is 183 Å². The summed E-state index contributed by atoms with van der Waals surface area (Å²) in [6.45, 7) is 4.81. The first-order valence-corrected chi connectivity index (χ1v) is 9.92. The summed E-state index contributed by atoms with van der Waals surface area (Å²) in [6, 6.07) is 6.36. The van der Waals surface area contributed by atoms with Crippen molar-refractivity contribution in [1.29, 1.82) is 0 Å². The summed E-state index contributed by atoms with van der Waals surface area (Å²) in [7, 11) is 0. The van der Waals surface area contributed by atoms with Gasteiger partial charge < -0.3 is 30.2 Å². The predicted octanol–water partition coefficient (Wildman–Crippen LogP) is 0.803. The van der Waals surface area contributed by atoms with Crippen LogP contribution >= 0.6 is 0 Å². The molecule has 0 unspecified atom stereocenters. The molecule has 0 bridgehead atoms. The highest BCUT2D eigenvalue weighted by molar-refractivity contribution is 5.98. The molecule has 0 aliphatic carbocycles. The average Bonchev–Trinajstić information content (AvgIpc) is 3.19. The number of primary amides is 1. The predicted molar refractivity (Wildman–Crippen MR) is 113 cm³/mol. The van der Waals surface area contributed by atoms with Gasteiger partial charge in [-0.05, 0) is 38.5 Å². The number of fused-ring (bicyclic) bond motifs is 1. The van der Waals surface area contributed by atoms with E-state index < -0.39 is 46.8 Å². The number of carbonyl (C=O) groups excluding carboxylic acids is 3. The summed E-state index contributed by atoms with van der Waals surface area (Å²) in [5, 5.41) is 12.9. The van der Waals surface area contributed by atoms with Crippen molar-refractivity contribution in [3.8, 4) is 5.75 Å². The topological polar surface area (TPSA) is 150 Å². The molecule has 1 aliphatic rings. The molecule has 4 N–H and O–H groups in total. The second-order valence-corrected chi connectivity index (χ2v) is 8.36. The van der Waals surface area contributed by atoms with Gasteiger partial charge in [0.2, 0.25) is 5.91 Å². The first-order valence-electron chi connectivity index (χ1n) is 9.92. The van der Waals surface area contributed by atoms with Crippen LogP contribution in [0.4, 0.5) is 0 Å². The number of nitrogens with two attached hydrogens (primary N) is 1. The highest BCUT2D eigenvalue weighted by atomic mass is 16.6. The van der Waals surface area contributed by atoms with Crippen LogP contribution in [0.1, 0.15) is 58.3 Å². The van der Waals surface area contributed by atoms with Crippen molar-refractivity contribution in [2.75, 3.05) is 6.54 Å². The number of ether oxygens (including phenoxy) is 2. The molecule has 10 nitrogen and oxygen atoms in total. The number of hydrogen-bond acceptors (Lipinski definition) is 7. The van der Waals surface area contributed by atoms with Crippen molar-refractivity contribution in [2.45, 2.75) is 46.1 Å². The van der Waals surface area contributed by atoms with Crippen LogP contribution in [0, 0.1) is 0 Å². The fraction of sp³-hybridized carbons (Fsp3) is 0.364. The lowest BCUT2D eigenvalue weighted by Gasteiger charge is -2.20. The monoisotopic (exact) mass is 443 g/mol. The summed E-state index contributed by atoms with van der Waals surface area (Å²) in [5.74, 6) is -2.61. The molecular weight excluding hydrogens is 418 g/mol. The highest BCUT2D eigenvalue weighted by Crippen LogP contribution is 2.30. The quantitative estimate of drug-likeness (QED) is 0.559. The molecule has 0 saturated heterocycles. The molecule has 1 aromatic carbocycles. The van der Waals surface area contributed by atoms with E-state index in [1.54, 1.807) is 32.9 Å². The fourth-order valence-electron chi connectivity index (χ4n) is 3.32. The molecule has 0 radical (unpaired) electrons. The van der Waals surface area contributed by atoms with Gasteiger partial charge in [0.25, 0.3) is 11.5 Å². The molecule has 10 heteroatoms. The fourth-order valence-corrected chi connectivity index (χ4v) is 3.32. The van der Waals surface area contributed by atoms with Gasteiger partial charge in [-0.15, -0.1) is 0 Å². The largest absolute Gasteiger partial charge is 0.506 e. The van der Waals surface area contributed by atoms with Crippen molar-refractivity contribution in [3.63, 3.8) is 0 Å². The number of aromatic nitrogens is 1. The number of hydrogen-bond donors (Lipinski definition) is 3. The standard InChI is InChI=1S/C22H25N3O7/c1-22(2,3)32-16(26)8-24-20(29)17-18(27)14-10-31-11-15(14)25(21(17)30)9-12-4-6-13(7-5-12)19(23)28/h4-7,27H,8-11H2,1-3H3,(H2,23,28)(H,24,29). The first-order chi connectivity index (χ1) is 15.0. The molecule has 2 amide bonds. The maximum atomic E-state index is 13.1. The number of aromatic hydroxyl groups is 1. The lowest BCUT2D eigenvalue weighted by molar-refractivity contribution is -0.153. The number of amides is 2. The Balaban J connectivity index is 1.91. The van der Waals surface area contributed by atoms with Crippen LogP contribution in [-0.2, 0) is 34.0 Å². The van der Waals surface area contributed by atoms with E-state index >= 15 is 0 Å². The smallest absolute Gasteiger partial charge is 0.325 e. The van der Waals surface area contributed by atoms with E-state index in [1.165, 1.54) is 16.7 Å². The maximum absolute atomic E-state index is 13.1. The number of benzene rings is 1. The Hall–Kier alpha value is -3.66. The van der Waals surface area contributed by atoms with E-state index in [2.05, 4.69) is 5.32 Å². The van der Waals surface area contributed by atoms with Crippen molar-refractivity contribution in [2.24, 2.45) is 5.73 Å². The number of esters is 1. The third kappa shape index (κ3) is 4.97. The third-order valence-electron chi connectivity index (χ3n) is 4.76. The summed E-state index contributed by atoms with van der Waals surface area (Å²) in [4.78, 5) is 49.0. The lowest BCUT2D eigenvalue weighted by atomic mass is 10.1. The Bertz CT molecular complexity index is 1130. The number of nitrogens with one attached hydrogen (secondary N) is 1. The molecule has 170 valence electrons. The van der Waals surface area contributed by atoms with Crippen LogP contribution < -0.4 is 16.6 Å². The van der Waals surface area contributed by atoms with Crippen LogP contribution in [-0.4, -0.2) is 39.6 Å². The van der Waals surface area contributed by atoms with E-state index in [0.29, 0.717) is 22.4 Å². The summed E-state index contributed by atoms with van der Waals surface area (Å²) >= 11 is 0. The van der Waals surface area contributed by atoms with Crippen molar-refractivity contribution in [3.05, 3.63) is 62.6 Å². The molecule has 2 aromatic rings. The minimum atomic E-state index is -0.897. The van der Waals surface area contributed by atoms with E-state index in [9.17, 15) is 24.3 Å². The molecule has 32 heavy (non-hydrogen) atoms. The van der Waals surface area contributed by atoms with E-state index in [4.69, 9.17) is 15.2 Å². The summed E-state index contributed by atoms with van der Waals surface area (Å²) in [5.41, 5.74) is 5.10. The van der Waals surface area contributed by atoms with E-state index in [0.717, 1.165) is 0 Å². The third-order valence-corrected chi connectivity index (χ3v) is 4.76. The number of carbonyl (C=O) groups is 3. The van der Waals surface area contributed by atoms with Gasteiger partial charge in [0.05, 0.1) is 25.5 Å². The summed E-state index contributed by atoms with van der Waals surface area (Å²) in [6.07, 6.45) is 0. The Morgan fingerprint density at radius 2 is 1.84 bits per heavy atom. The summed E-state index contributed by atoms with van der Waals surface area (Å²) < 4.78 is 11.9. The van der Waals surface area contributed by atoms with Crippen LogP contribution in [0.5, 0.6) is 5.75 Å². The molecule has 1 aliphatic heterocycles. The Morgan fingerprint density at radius 1 is 1.19 bits per heavy atom.